The summed E-state index contributed by atoms with van der Waals surface area (Å²) in [6, 6.07) is 1.64. The normalized spacial score (nSPS) is 17.0. The summed E-state index contributed by atoms with van der Waals surface area (Å²) < 4.78 is 18.7. The van der Waals surface area contributed by atoms with E-state index < -0.39 is 12.1 Å². The van der Waals surface area contributed by atoms with Crippen LogP contribution in [0, 0.1) is 0 Å². The molecular weight excluding hydrogens is 275 g/mol. The summed E-state index contributed by atoms with van der Waals surface area (Å²) in [6.45, 7) is 2.75. The van der Waals surface area contributed by atoms with Gasteiger partial charge in [0.15, 0.2) is 5.82 Å². The van der Waals surface area contributed by atoms with Crippen LogP contribution in [0.3, 0.4) is 0 Å². The third kappa shape index (κ3) is 3.97. The SMILES string of the molecule is CC(C)(CO)c1cc(OC2CCC(=O)CC2)nc(CF)n1. The highest BCUT2D eigenvalue weighted by atomic mass is 19.1. The van der Waals surface area contributed by atoms with E-state index in [1.807, 2.05) is 13.8 Å². The lowest BCUT2D eigenvalue weighted by Gasteiger charge is -2.24. The van der Waals surface area contributed by atoms with Crippen LogP contribution in [-0.4, -0.2) is 33.6 Å². The summed E-state index contributed by atoms with van der Waals surface area (Å²) in [5.41, 5.74) is -0.0393. The molecule has 0 atom stereocenters. The predicted octanol–water partition coefficient (Wildman–Crippen LogP) is 2.11. The maximum Gasteiger partial charge on any atom is 0.217 e. The van der Waals surface area contributed by atoms with Gasteiger partial charge in [0.05, 0.1) is 12.3 Å². The van der Waals surface area contributed by atoms with Gasteiger partial charge in [-0.05, 0) is 12.8 Å². The van der Waals surface area contributed by atoms with E-state index in [1.165, 1.54) is 0 Å². The van der Waals surface area contributed by atoms with Crippen molar-refractivity contribution in [3.05, 3.63) is 17.6 Å². The van der Waals surface area contributed by atoms with Gasteiger partial charge < -0.3 is 9.84 Å². The van der Waals surface area contributed by atoms with Gasteiger partial charge in [-0.25, -0.2) is 9.37 Å². The molecule has 0 radical (unpaired) electrons. The van der Waals surface area contributed by atoms with Gasteiger partial charge in [-0.2, -0.15) is 4.98 Å². The Morgan fingerprint density at radius 1 is 1.38 bits per heavy atom. The highest BCUT2D eigenvalue weighted by Gasteiger charge is 2.25. The molecule has 1 aliphatic carbocycles. The van der Waals surface area contributed by atoms with Crippen molar-refractivity contribution in [2.75, 3.05) is 6.61 Å². The van der Waals surface area contributed by atoms with Crippen molar-refractivity contribution in [1.29, 1.82) is 0 Å². The van der Waals surface area contributed by atoms with Crippen LogP contribution in [0.2, 0.25) is 0 Å². The third-order valence-electron chi connectivity index (χ3n) is 3.73. The highest BCUT2D eigenvalue weighted by molar-refractivity contribution is 5.79. The number of halogens is 1. The molecule has 2 rings (SSSR count). The van der Waals surface area contributed by atoms with Crippen molar-refractivity contribution >= 4 is 5.78 Å². The smallest absolute Gasteiger partial charge is 0.217 e. The van der Waals surface area contributed by atoms with E-state index in [-0.39, 0.29) is 24.3 Å². The monoisotopic (exact) mass is 296 g/mol. The maximum absolute atomic E-state index is 12.9. The topological polar surface area (TPSA) is 72.3 Å². The van der Waals surface area contributed by atoms with Crippen molar-refractivity contribution in [2.45, 2.75) is 57.7 Å². The molecule has 1 heterocycles. The zero-order valence-electron chi connectivity index (χ0n) is 12.4. The molecule has 1 fully saturated rings. The number of Topliss-reactive ketones (excluding diaryl/α,β-unsaturated/α-hetero) is 1. The van der Waals surface area contributed by atoms with Gasteiger partial charge in [-0.3, -0.25) is 4.79 Å². The number of carbonyl (C=O) groups is 1. The molecule has 0 unspecified atom stereocenters. The lowest BCUT2D eigenvalue weighted by Crippen LogP contribution is -2.27. The van der Waals surface area contributed by atoms with E-state index in [9.17, 15) is 14.3 Å². The first kappa shape index (κ1) is 15.8. The van der Waals surface area contributed by atoms with Gasteiger partial charge in [-0.1, -0.05) is 13.8 Å². The Morgan fingerprint density at radius 2 is 2.05 bits per heavy atom. The number of hydrogen-bond acceptors (Lipinski definition) is 5. The van der Waals surface area contributed by atoms with E-state index in [1.54, 1.807) is 6.07 Å². The second-order valence-electron chi connectivity index (χ2n) is 6.04. The summed E-state index contributed by atoms with van der Waals surface area (Å²) in [6.07, 6.45) is 2.27. The number of carbonyl (C=O) groups excluding carboxylic acids is 1. The number of ketones is 1. The fraction of sp³-hybridized carbons (Fsp3) is 0.667. The zero-order chi connectivity index (χ0) is 15.5. The summed E-state index contributed by atoms with van der Waals surface area (Å²) in [7, 11) is 0. The van der Waals surface area contributed by atoms with Crippen LogP contribution in [0.4, 0.5) is 4.39 Å². The molecule has 0 aliphatic heterocycles. The zero-order valence-corrected chi connectivity index (χ0v) is 12.4. The summed E-state index contributed by atoms with van der Waals surface area (Å²) >= 11 is 0. The Labute approximate surface area is 123 Å². The van der Waals surface area contributed by atoms with Gasteiger partial charge in [0.1, 0.15) is 18.6 Å². The number of hydrogen-bond donors (Lipinski definition) is 1. The molecule has 116 valence electrons. The van der Waals surface area contributed by atoms with Gasteiger partial charge in [0.25, 0.3) is 0 Å². The van der Waals surface area contributed by atoms with Crippen molar-refractivity contribution in [1.82, 2.24) is 9.97 Å². The van der Waals surface area contributed by atoms with Crippen LogP contribution in [0.15, 0.2) is 6.07 Å². The number of aliphatic hydroxyl groups excluding tert-OH is 1. The van der Waals surface area contributed by atoms with E-state index >= 15 is 0 Å². The van der Waals surface area contributed by atoms with Crippen molar-refractivity contribution < 1.29 is 19.0 Å². The van der Waals surface area contributed by atoms with Crippen molar-refractivity contribution in [3.63, 3.8) is 0 Å². The fourth-order valence-corrected chi connectivity index (χ4v) is 2.22. The van der Waals surface area contributed by atoms with Crippen LogP contribution >= 0.6 is 0 Å². The fourth-order valence-electron chi connectivity index (χ4n) is 2.22. The summed E-state index contributed by atoms with van der Waals surface area (Å²) in [4.78, 5) is 19.4. The number of rotatable bonds is 5. The standard InChI is InChI=1S/C15H21FN2O3/c1-15(2,9-19)12-7-14(18-13(8-16)17-12)21-11-5-3-10(20)4-6-11/h7,11,19H,3-6,8-9H2,1-2H3. The number of alkyl halides is 1. The average molecular weight is 296 g/mol. The predicted molar refractivity (Wildman–Crippen MR) is 74.8 cm³/mol. The van der Waals surface area contributed by atoms with Crippen molar-refractivity contribution in [2.24, 2.45) is 0 Å². The lowest BCUT2D eigenvalue weighted by atomic mass is 9.90. The first-order chi connectivity index (χ1) is 9.94. The molecule has 0 bridgehead atoms. The van der Waals surface area contributed by atoms with Gasteiger partial charge >= 0.3 is 0 Å². The number of nitrogens with zero attached hydrogens (tertiary/aromatic N) is 2. The van der Waals surface area contributed by atoms with E-state index in [0.29, 0.717) is 37.3 Å². The number of ether oxygens (including phenoxy) is 1. The third-order valence-corrected chi connectivity index (χ3v) is 3.73. The minimum absolute atomic E-state index is 0.0518. The van der Waals surface area contributed by atoms with Crippen LogP contribution in [0.1, 0.15) is 51.0 Å². The Bertz CT molecular complexity index is 510. The largest absolute Gasteiger partial charge is 0.474 e. The Kier molecular flexibility index (Phi) is 4.88. The molecule has 1 aromatic rings. The van der Waals surface area contributed by atoms with Crippen LogP contribution in [-0.2, 0) is 16.9 Å². The molecule has 1 aliphatic rings. The molecule has 1 N–H and O–H groups in total. The second kappa shape index (κ2) is 6.47. The molecule has 0 saturated heterocycles. The molecule has 0 amide bonds. The van der Waals surface area contributed by atoms with Gasteiger partial charge in [0.2, 0.25) is 5.88 Å². The number of aromatic nitrogens is 2. The molecule has 0 spiro atoms. The summed E-state index contributed by atoms with van der Waals surface area (Å²) in [5.74, 6) is 0.619. The molecule has 1 saturated carbocycles. The van der Waals surface area contributed by atoms with E-state index in [0.717, 1.165) is 0 Å². The molecule has 1 aromatic heterocycles. The molecule has 21 heavy (non-hydrogen) atoms. The van der Waals surface area contributed by atoms with Gasteiger partial charge in [0, 0.05) is 24.3 Å². The van der Waals surface area contributed by atoms with Crippen LogP contribution < -0.4 is 4.74 Å². The van der Waals surface area contributed by atoms with Crippen molar-refractivity contribution in [3.8, 4) is 5.88 Å². The minimum atomic E-state index is -0.783. The lowest BCUT2D eigenvalue weighted by molar-refractivity contribution is -0.121. The first-order valence-corrected chi connectivity index (χ1v) is 7.18. The highest BCUT2D eigenvalue weighted by Crippen LogP contribution is 2.26. The Hall–Kier alpha value is -1.56. The average Bonchev–Trinajstić information content (AvgIpc) is 2.49. The summed E-state index contributed by atoms with van der Waals surface area (Å²) in [5, 5.41) is 9.42. The van der Waals surface area contributed by atoms with Crippen LogP contribution in [0.25, 0.3) is 0 Å². The maximum atomic E-state index is 12.9. The van der Waals surface area contributed by atoms with Crippen LogP contribution in [0.5, 0.6) is 5.88 Å². The molecule has 0 aromatic carbocycles. The second-order valence-corrected chi connectivity index (χ2v) is 6.04. The molecule has 6 heteroatoms. The Balaban J connectivity index is 2.19. The molecular formula is C15H21FN2O3. The molecule has 5 nitrogen and oxygen atoms in total. The number of aliphatic hydroxyl groups is 1. The first-order valence-electron chi connectivity index (χ1n) is 7.18. The van der Waals surface area contributed by atoms with Gasteiger partial charge in [-0.15, -0.1) is 0 Å². The minimum Gasteiger partial charge on any atom is -0.474 e. The quantitative estimate of drug-likeness (QED) is 0.901. The Morgan fingerprint density at radius 3 is 2.62 bits per heavy atom. The van der Waals surface area contributed by atoms with E-state index in [2.05, 4.69) is 9.97 Å². The van der Waals surface area contributed by atoms with E-state index in [4.69, 9.17) is 4.74 Å².